The molecule has 0 aromatic rings. The fraction of sp³-hybridized carbons (Fsp3) is 1.00. The Balaban J connectivity index is 2.99. The fourth-order valence-corrected chi connectivity index (χ4v) is 2.75. The zero-order valence-electron chi connectivity index (χ0n) is 13.5. The molecule has 1 N–H and O–H groups in total. The Labute approximate surface area is 119 Å². The van der Waals surface area contributed by atoms with Gasteiger partial charge in [-0.15, -0.1) is 0 Å². The summed E-state index contributed by atoms with van der Waals surface area (Å²) < 4.78 is 0. The van der Waals surface area contributed by atoms with E-state index in [0.29, 0.717) is 5.54 Å². The second-order valence-electron chi connectivity index (χ2n) is 6.71. The maximum Gasteiger partial charge on any atom is 0.00965 e. The van der Waals surface area contributed by atoms with E-state index in [4.69, 9.17) is 0 Å². The Morgan fingerprint density at radius 1 is 0.667 bits per heavy atom. The van der Waals surface area contributed by atoms with Crippen molar-refractivity contribution in [3.05, 3.63) is 0 Å². The first-order chi connectivity index (χ1) is 8.56. The van der Waals surface area contributed by atoms with Crippen molar-refractivity contribution in [1.29, 1.82) is 0 Å². The molecule has 0 fully saturated rings. The number of unbranched alkanes of at least 4 members (excludes halogenated alkanes) is 9. The Hall–Kier alpha value is 0.177. The second kappa shape index (κ2) is 12.2. The van der Waals surface area contributed by atoms with Gasteiger partial charge in [0, 0.05) is 15.8 Å². The summed E-state index contributed by atoms with van der Waals surface area (Å²) in [7, 11) is 1.40. The van der Waals surface area contributed by atoms with Crippen molar-refractivity contribution in [2.45, 2.75) is 96.6 Å². The minimum absolute atomic E-state index is 0.293. The molecule has 0 atom stereocenters. The summed E-state index contributed by atoms with van der Waals surface area (Å²) in [6.07, 6.45) is 14.5. The lowest BCUT2D eigenvalue weighted by Gasteiger charge is -2.20. The Morgan fingerprint density at radius 3 is 1.44 bits per heavy atom. The monoisotopic (exact) mass is 271 g/mol. The zero-order valence-corrected chi connectivity index (χ0v) is 15.5. The molecular weight excluding hydrogens is 234 g/mol. The first kappa shape index (κ1) is 18.2. The van der Waals surface area contributed by atoms with Crippen molar-refractivity contribution in [2.24, 2.45) is 0 Å². The fourth-order valence-electron chi connectivity index (χ4n) is 2.25. The minimum atomic E-state index is 0.293. The Bertz CT molecular complexity index is 163. The van der Waals surface area contributed by atoms with E-state index in [9.17, 15) is 0 Å². The summed E-state index contributed by atoms with van der Waals surface area (Å²) in [6, 6.07) is 1.50. The van der Waals surface area contributed by atoms with Crippen LogP contribution in [0.25, 0.3) is 0 Å². The molecule has 0 unspecified atom stereocenters. The van der Waals surface area contributed by atoms with E-state index < -0.39 is 0 Å². The zero-order chi connectivity index (χ0) is 13.7. The third-order valence-electron chi connectivity index (χ3n) is 3.44. The average molecular weight is 272 g/mol. The molecule has 0 spiro atoms. The first-order valence-corrected chi connectivity index (χ1v) is 9.72. The largest absolute Gasteiger partial charge is 0.312 e. The van der Waals surface area contributed by atoms with E-state index in [1.165, 1.54) is 87.0 Å². The van der Waals surface area contributed by atoms with Crippen molar-refractivity contribution in [3.8, 4) is 0 Å². The van der Waals surface area contributed by atoms with E-state index in [1.807, 2.05) is 0 Å². The molecule has 0 aliphatic heterocycles. The van der Waals surface area contributed by atoms with Gasteiger partial charge in [-0.25, -0.2) is 0 Å². The van der Waals surface area contributed by atoms with Crippen LogP contribution in [0.3, 0.4) is 0 Å². The van der Waals surface area contributed by atoms with Crippen molar-refractivity contribution in [3.63, 3.8) is 0 Å². The molecule has 0 radical (unpaired) electrons. The number of rotatable bonds is 12. The maximum absolute atomic E-state index is 3.56. The van der Waals surface area contributed by atoms with Crippen LogP contribution in [0, 0.1) is 0 Å². The Morgan fingerprint density at radius 2 is 1.06 bits per heavy atom. The highest BCUT2D eigenvalue weighted by Gasteiger charge is 2.06. The molecular formula is C16H37NSi. The van der Waals surface area contributed by atoms with E-state index in [0.717, 1.165) is 0 Å². The van der Waals surface area contributed by atoms with Crippen LogP contribution >= 0.6 is 0 Å². The smallest absolute Gasteiger partial charge is 0.00965 e. The molecule has 18 heavy (non-hydrogen) atoms. The highest BCUT2D eigenvalue weighted by atomic mass is 28.1. The lowest BCUT2D eigenvalue weighted by molar-refractivity contribution is 0.415. The van der Waals surface area contributed by atoms with Crippen molar-refractivity contribution in [1.82, 2.24) is 5.32 Å². The molecule has 2 heteroatoms. The van der Waals surface area contributed by atoms with Gasteiger partial charge in [-0.3, -0.25) is 0 Å². The predicted molar refractivity (Wildman–Crippen MR) is 88.7 cm³/mol. The van der Waals surface area contributed by atoms with Gasteiger partial charge in [-0.05, 0) is 33.7 Å². The van der Waals surface area contributed by atoms with Crippen LogP contribution in [-0.4, -0.2) is 22.3 Å². The lowest BCUT2D eigenvalue weighted by Crippen LogP contribution is -2.36. The minimum Gasteiger partial charge on any atom is -0.312 e. The Kier molecular flexibility index (Phi) is 12.3. The number of hydrogen-bond acceptors (Lipinski definition) is 1. The van der Waals surface area contributed by atoms with Gasteiger partial charge in [-0.2, -0.15) is 0 Å². The van der Waals surface area contributed by atoms with Gasteiger partial charge in [0.1, 0.15) is 0 Å². The molecule has 110 valence electrons. The van der Waals surface area contributed by atoms with Crippen LogP contribution in [0.5, 0.6) is 0 Å². The highest BCUT2D eigenvalue weighted by Crippen LogP contribution is 2.11. The first-order valence-electron chi connectivity index (χ1n) is 8.31. The molecule has 0 saturated heterocycles. The van der Waals surface area contributed by atoms with E-state index in [2.05, 4.69) is 26.1 Å². The van der Waals surface area contributed by atoms with Gasteiger partial charge in [0.25, 0.3) is 0 Å². The third kappa shape index (κ3) is 16.2. The molecule has 0 saturated carbocycles. The molecule has 0 aliphatic rings. The predicted octanol–water partition coefficient (Wildman–Crippen LogP) is 4.06. The summed E-state index contributed by atoms with van der Waals surface area (Å²) in [5.74, 6) is 0. The third-order valence-corrected chi connectivity index (χ3v) is 4.14. The highest BCUT2D eigenvalue weighted by molar-refractivity contribution is 6.08. The molecule has 0 aromatic heterocycles. The van der Waals surface area contributed by atoms with Crippen LogP contribution in [0.4, 0.5) is 0 Å². The molecule has 0 aromatic carbocycles. The van der Waals surface area contributed by atoms with Crippen molar-refractivity contribution >= 4 is 10.2 Å². The average Bonchev–Trinajstić information content (AvgIpc) is 2.29. The van der Waals surface area contributed by atoms with Gasteiger partial charge >= 0.3 is 0 Å². The van der Waals surface area contributed by atoms with E-state index in [-0.39, 0.29) is 0 Å². The quantitative estimate of drug-likeness (QED) is 0.417. The molecule has 0 bridgehead atoms. The summed E-state index contributed by atoms with van der Waals surface area (Å²) >= 11 is 0. The molecule has 0 aliphatic carbocycles. The normalized spacial score (nSPS) is 12.2. The molecule has 0 amide bonds. The lowest BCUT2D eigenvalue weighted by atomic mass is 10.1. The summed E-state index contributed by atoms with van der Waals surface area (Å²) in [6.45, 7) is 7.92. The van der Waals surface area contributed by atoms with Crippen molar-refractivity contribution < 1.29 is 0 Å². The van der Waals surface area contributed by atoms with Gasteiger partial charge in [0.05, 0.1) is 0 Å². The van der Waals surface area contributed by atoms with E-state index in [1.54, 1.807) is 0 Å². The maximum atomic E-state index is 3.56. The number of nitrogens with one attached hydrogen (secondary N) is 1. The summed E-state index contributed by atoms with van der Waals surface area (Å²) in [5, 5.41) is 3.56. The van der Waals surface area contributed by atoms with Gasteiger partial charge in [0.15, 0.2) is 0 Å². The standard InChI is InChI=1S/C16H37NSi/c1-16(2,3)17-14-12-10-8-6-4-5-7-9-11-13-15-18/h17H,4-15H2,1-3,18H3. The van der Waals surface area contributed by atoms with Crippen molar-refractivity contribution in [2.75, 3.05) is 6.54 Å². The van der Waals surface area contributed by atoms with Crippen LogP contribution in [-0.2, 0) is 0 Å². The van der Waals surface area contributed by atoms with Crippen LogP contribution in [0.1, 0.15) is 85.0 Å². The molecule has 0 heterocycles. The summed E-state index contributed by atoms with van der Waals surface area (Å²) in [4.78, 5) is 0. The molecule has 0 rings (SSSR count). The van der Waals surface area contributed by atoms with Gasteiger partial charge in [0.2, 0.25) is 0 Å². The van der Waals surface area contributed by atoms with Crippen LogP contribution in [0.15, 0.2) is 0 Å². The number of hydrogen-bond donors (Lipinski definition) is 1. The van der Waals surface area contributed by atoms with Gasteiger partial charge < -0.3 is 5.32 Å². The SMILES string of the molecule is CC(C)(C)NCCCCCCCCCCCC[SiH3]. The second-order valence-corrected chi connectivity index (χ2v) is 7.71. The van der Waals surface area contributed by atoms with Gasteiger partial charge in [-0.1, -0.05) is 63.8 Å². The summed E-state index contributed by atoms with van der Waals surface area (Å²) in [5.41, 5.74) is 0.293. The molecule has 1 nitrogen and oxygen atoms in total. The van der Waals surface area contributed by atoms with Crippen LogP contribution < -0.4 is 5.32 Å². The van der Waals surface area contributed by atoms with E-state index >= 15 is 0 Å². The van der Waals surface area contributed by atoms with Crippen LogP contribution in [0.2, 0.25) is 6.04 Å². The topological polar surface area (TPSA) is 12.0 Å².